The molecule has 0 saturated carbocycles. The predicted molar refractivity (Wildman–Crippen MR) is 88.2 cm³/mol. The molecule has 3 rings (SSSR count). The van der Waals surface area contributed by atoms with Gasteiger partial charge in [0.25, 0.3) is 0 Å². The number of rotatable bonds is 5. The summed E-state index contributed by atoms with van der Waals surface area (Å²) in [6, 6.07) is 18.6. The van der Waals surface area contributed by atoms with Crippen molar-refractivity contribution in [3.05, 3.63) is 71.3 Å². The Morgan fingerprint density at radius 2 is 1.59 bits per heavy atom. The summed E-state index contributed by atoms with van der Waals surface area (Å²) in [6.07, 6.45) is 4.20. The SMILES string of the molecule is O=C(O)C1CN(Cc2ccc(/C=C/c3ccccc3)cc2)C1. The zero-order valence-electron chi connectivity index (χ0n) is 12.4. The van der Waals surface area contributed by atoms with Crippen LogP contribution in [-0.4, -0.2) is 29.1 Å². The lowest BCUT2D eigenvalue weighted by Crippen LogP contribution is -2.49. The van der Waals surface area contributed by atoms with Gasteiger partial charge in [0.2, 0.25) is 0 Å². The molecule has 0 bridgehead atoms. The Bertz CT molecular complexity index is 656. The molecular weight excluding hydrogens is 274 g/mol. The normalized spacial score (nSPS) is 15.8. The van der Waals surface area contributed by atoms with E-state index in [-0.39, 0.29) is 5.92 Å². The number of benzene rings is 2. The van der Waals surface area contributed by atoms with E-state index in [1.54, 1.807) is 0 Å². The monoisotopic (exact) mass is 293 g/mol. The van der Waals surface area contributed by atoms with Crippen molar-refractivity contribution in [3.63, 3.8) is 0 Å². The number of hydrogen-bond acceptors (Lipinski definition) is 2. The number of carboxylic acid groups (broad SMARTS) is 1. The summed E-state index contributed by atoms with van der Waals surface area (Å²) in [5.41, 5.74) is 3.58. The fourth-order valence-corrected chi connectivity index (χ4v) is 2.60. The summed E-state index contributed by atoms with van der Waals surface area (Å²) in [7, 11) is 0. The highest BCUT2D eigenvalue weighted by molar-refractivity contribution is 5.71. The summed E-state index contributed by atoms with van der Waals surface area (Å²) < 4.78 is 0. The number of aliphatic carboxylic acids is 1. The maximum atomic E-state index is 10.8. The third-order valence-corrected chi connectivity index (χ3v) is 3.96. The van der Waals surface area contributed by atoms with Crippen LogP contribution in [0.5, 0.6) is 0 Å². The molecule has 1 N–H and O–H groups in total. The summed E-state index contributed by atoms with van der Waals surface area (Å²) in [5.74, 6) is -0.870. The second-order valence-electron chi connectivity index (χ2n) is 5.71. The summed E-state index contributed by atoms with van der Waals surface area (Å²) >= 11 is 0. The molecule has 2 aromatic carbocycles. The zero-order chi connectivity index (χ0) is 15.4. The second kappa shape index (κ2) is 6.58. The molecule has 1 aliphatic rings. The highest BCUT2D eigenvalue weighted by atomic mass is 16.4. The molecular formula is C19H19NO2. The Morgan fingerprint density at radius 1 is 1.00 bits per heavy atom. The first-order chi connectivity index (χ1) is 10.7. The van der Waals surface area contributed by atoms with Crippen LogP contribution in [0.15, 0.2) is 54.6 Å². The van der Waals surface area contributed by atoms with E-state index in [4.69, 9.17) is 5.11 Å². The van der Waals surface area contributed by atoms with Crippen molar-refractivity contribution >= 4 is 18.1 Å². The van der Waals surface area contributed by atoms with E-state index in [1.807, 2.05) is 18.2 Å². The second-order valence-corrected chi connectivity index (χ2v) is 5.71. The number of carboxylic acids is 1. The van der Waals surface area contributed by atoms with Gasteiger partial charge in [-0.25, -0.2) is 0 Å². The topological polar surface area (TPSA) is 40.5 Å². The molecule has 3 nitrogen and oxygen atoms in total. The first kappa shape index (κ1) is 14.5. The van der Waals surface area contributed by atoms with Crippen LogP contribution in [-0.2, 0) is 11.3 Å². The molecule has 0 atom stereocenters. The van der Waals surface area contributed by atoms with Gasteiger partial charge in [-0.05, 0) is 16.7 Å². The van der Waals surface area contributed by atoms with E-state index in [9.17, 15) is 4.79 Å². The third kappa shape index (κ3) is 3.62. The molecule has 112 valence electrons. The maximum Gasteiger partial charge on any atom is 0.309 e. The van der Waals surface area contributed by atoms with Crippen molar-refractivity contribution in [1.29, 1.82) is 0 Å². The molecule has 2 aromatic rings. The van der Waals surface area contributed by atoms with Crippen molar-refractivity contribution in [2.75, 3.05) is 13.1 Å². The van der Waals surface area contributed by atoms with Crippen molar-refractivity contribution < 1.29 is 9.90 Å². The van der Waals surface area contributed by atoms with Gasteiger partial charge in [-0.15, -0.1) is 0 Å². The van der Waals surface area contributed by atoms with Crippen LogP contribution in [0.4, 0.5) is 0 Å². The Hall–Kier alpha value is -2.39. The van der Waals surface area contributed by atoms with Crippen LogP contribution in [0.3, 0.4) is 0 Å². The number of nitrogens with zero attached hydrogens (tertiary/aromatic N) is 1. The van der Waals surface area contributed by atoms with Crippen LogP contribution < -0.4 is 0 Å². The van der Waals surface area contributed by atoms with E-state index in [0.29, 0.717) is 13.1 Å². The molecule has 0 radical (unpaired) electrons. The van der Waals surface area contributed by atoms with Gasteiger partial charge in [0, 0.05) is 19.6 Å². The number of likely N-dealkylation sites (tertiary alicyclic amines) is 1. The van der Waals surface area contributed by atoms with E-state index in [0.717, 1.165) is 6.54 Å². The highest BCUT2D eigenvalue weighted by Gasteiger charge is 2.31. The van der Waals surface area contributed by atoms with Crippen LogP contribution in [0.1, 0.15) is 16.7 Å². The minimum absolute atomic E-state index is 0.187. The summed E-state index contributed by atoms with van der Waals surface area (Å²) in [5, 5.41) is 8.87. The van der Waals surface area contributed by atoms with Crippen LogP contribution in [0.25, 0.3) is 12.2 Å². The van der Waals surface area contributed by atoms with Crippen LogP contribution >= 0.6 is 0 Å². The quantitative estimate of drug-likeness (QED) is 0.859. The van der Waals surface area contributed by atoms with Gasteiger partial charge < -0.3 is 5.11 Å². The summed E-state index contributed by atoms with van der Waals surface area (Å²) in [4.78, 5) is 12.9. The molecule has 0 amide bonds. The standard InChI is InChI=1S/C19H19NO2/c21-19(22)18-13-20(14-18)12-17-10-8-16(9-11-17)7-6-15-4-2-1-3-5-15/h1-11,18H,12-14H2,(H,21,22)/b7-6+. The fraction of sp³-hybridized carbons (Fsp3) is 0.211. The number of hydrogen-bond donors (Lipinski definition) is 1. The Kier molecular flexibility index (Phi) is 4.35. The van der Waals surface area contributed by atoms with Gasteiger partial charge in [0.1, 0.15) is 0 Å². The lowest BCUT2D eigenvalue weighted by atomic mass is 9.99. The molecule has 0 aromatic heterocycles. The predicted octanol–water partition coefficient (Wildman–Crippen LogP) is 3.37. The lowest BCUT2D eigenvalue weighted by Gasteiger charge is -2.36. The molecule has 3 heteroatoms. The van der Waals surface area contributed by atoms with Gasteiger partial charge >= 0.3 is 5.97 Å². The lowest BCUT2D eigenvalue weighted by molar-refractivity contribution is -0.147. The molecule has 22 heavy (non-hydrogen) atoms. The average molecular weight is 293 g/mol. The molecule has 1 fully saturated rings. The Morgan fingerprint density at radius 3 is 2.18 bits per heavy atom. The smallest absolute Gasteiger partial charge is 0.309 e. The van der Waals surface area contributed by atoms with E-state index < -0.39 is 5.97 Å². The van der Waals surface area contributed by atoms with Crippen molar-refractivity contribution in [2.45, 2.75) is 6.54 Å². The summed E-state index contributed by atoms with van der Waals surface area (Å²) in [6.45, 7) is 2.14. The van der Waals surface area contributed by atoms with E-state index in [1.165, 1.54) is 16.7 Å². The van der Waals surface area contributed by atoms with Gasteiger partial charge in [-0.1, -0.05) is 66.7 Å². The van der Waals surface area contributed by atoms with Gasteiger partial charge in [-0.3, -0.25) is 9.69 Å². The maximum absolute atomic E-state index is 10.8. The molecule has 1 heterocycles. The van der Waals surface area contributed by atoms with Gasteiger partial charge in [0.05, 0.1) is 5.92 Å². The number of carbonyl (C=O) groups is 1. The first-order valence-corrected chi connectivity index (χ1v) is 7.48. The average Bonchev–Trinajstić information content (AvgIpc) is 2.50. The Balaban J connectivity index is 1.55. The van der Waals surface area contributed by atoms with E-state index in [2.05, 4.69) is 53.5 Å². The first-order valence-electron chi connectivity index (χ1n) is 7.48. The van der Waals surface area contributed by atoms with Gasteiger partial charge in [0.15, 0.2) is 0 Å². The van der Waals surface area contributed by atoms with Crippen molar-refractivity contribution in [2.24, 2.45) is 5.92 Å². The van der Waals surface area contributed by atoms with Crippen LogP contribution in [0.2, 0.25) is 0 Å². The largest absolute Gasteiger partial charge is 0.481 e. The minimum Gasteiger partial charge on any atom is -0.481 e. The minimum atomic E-state index is -0.683. The molecule has 0 aliphatic carbocycles. The van der Waals surface area contributed by atoms with E-state index >= 15 is 0 Å². The molecule has 1 aliphatic heterocycles. The highest BCUT2D eigenvalue weighted by Crippen LogP contribution is 2.19. The zero-order valence-corrected chi connectivity index (χ0v) is 12.4. The molecule has 0 unspecified atom stereocenters. The van der Waals surface area contributed by atoms with Crippen molar-refractivity contribution in [3.8, 4) is 0 Å². The Labute approximate surface area is 130 Å². The fourth-order valence-electron chi connectivity index (χ4n) is 2.60. The van der Waals surface area contributed by atoms with Gasteiger partial charge in [-0.2, -0.15) is 0 Å². The third-order valence-electron chi connectivity index (χ3n) is 3.96. The van der Waals surface area contributed by atoms with Crippen LogP contribution in [0, 0.1) is 5.92 Å². The molecule has 1 saturated heterocycles. The molecule has 0 spiro atoms. The van der Waals surface area contributed by atoms with Crippen molar-refractivity contribution in [1.82, 2.24) is 4.90 Å².